The number of fused-ring (bicyclic) bond motifs is 1. The lowest BCUT2D eigenvalue weighted by Crippen LogP contribution is -1.86. The smallest absolute Gasteiger partial charge is 0.137 e. The van der Waals surface area contributed by atoms with E-state index in [1.54, 1.807) is 7.11 Å². The van der Waals surface area contributed by atoms with Gasteiger partial charge in [-0.3, -0.25) is 0 Å². The standard InChI is InChI=1S/C17H16N2O/c1-3-6-12-9-14-15(11-19-17(14)18-10-12)13-7-4-5-8-16(13)20-2/h3-11H,1-2H3,(H,18,19)/b6-3+. The molecule has 1 N–H and O–H groups in total. The summed E-state index contributed by atoms with van der Waals surface area (Å²) in [5, 5.41) is 1.10. The summed E-state index contributed by atoms with van der Waals surface area (Å²) in [5.74, 6) is 0.866. The minimum atomic E-state index is 0.866. The van der Waals surface area contributed by atoms with Crippen molar-refractivity contribution in [1.29, 1.82) is 0 Å². The maximum Gasteiger partial charge on any atom is 0.137 e. The van der Waals surface area contributed by atoms with Crippen LogP contribution < -0.4 is 4.74 Å². The third-order valence-corrected chi connectivity index (χ3v) is 3.31. The van der Waals surface area contributed by atoms with Crippen LogP contribution in [0.15, 0.2) is 48.8 Å². The van der Waals surface area contributed by atoms with Crippen molar-refractivity contribution in [2.75, 3.05) is 7.11 Å². The molecule has 20 heavy (non-hydrogen) atoms. The van der Waals surface area contributed by atoms with Crippen molar-refractivity contribution < 1.29 is 4.74 Å². The zero-order valence-corrected chi connectivity index (χ0v) is 11.6. The first kappa shape index (κ1) is 12.5. The van der Waals surface area contributed by atoms with Crippen molar-refractivity contribution in [2.24, 2.45) is 0 Å². The van der Waals surface area contributed by atoms with Crippen molar-refractivity contribution in [2.45, 2.75) is 6.92 Å². The Labute approximate surface area is 117 Å². The van der Waals surface area contributed by atoms with Crippen molar-refractivity contribution in [3.8, 4) is 16.9 Å². The fourth-order valence-corrected chi connectivity index (χ4v) is 2.39. The number of benzene rings is 1. The highest BCUT2D eigenvalue weighted by atomic mass is 16.5. The molecule has 0 saturated carbocycles. The molecule has 100 valence electrons. The van der Waals surface area contributed by atoms with Crippen LogP contribution >= 0.6 is 0 Å². The summed E-state index contributed by atoms with van der Waals surface area (Å²) in [7, 11) is 1.69. The second-order valence-corrected chi connectivity index (χ2v) is 4.57. The molecule has 0 unspecified atom stereocenters. The number of para-hydroxylation sites is 1. The molecule has 0 aliphatic heterocycles. The average molecular weight is 264 g/mol. The molecule has 3 rings (SSSR count). The SMILES string of the molecule is C/C=C/c1cnc2[nH]cc(-c3ccccc3OC)c2c1. The fourth-order valence-electron chi connectivity index (χ4n) is 2.39. The maximum atomic E-state index is 5.45. The van der Waals surface area contributed by atoms with Crippen LogP contribution in [0.25, 0.3) is 28.2 Å². The van der Waals surface area contributed by atoms with Crippen LogP contribution in [-0.4, -0.2) is 17.1 Å². The van der Waals surface area contributed by atoms with Gasteiger partial charge in [-0.1, -0.05) is 30.4 Å². The minimum Gasteiger partial charge on any atom is -0.496 e. The minimum absolute atomic E-state index is 0.866. The van der Waals surface area contributed by atoms with Gasteiger partial charge in [0.05, 0.1) is 7.11 Å². The molecule has 2 aromatic heterocycles. The Morgan fingerprint density at radius 3 is 2.85 bits per heavy atom. The van der Waals surface area contributed by atoms with Gasteiger partial charge in [-0.15, -0.1) is 0 Å². The predicted octanol–water partition coefficient (Wildman–Crippen LogP) is 4.27. The first-order chi connectivity index (χ1) is 9.83. The van der Waals surface area contributed by atoms with Crippen LogP contribution in [0.3, 0.4) is 0 Å². The summed E-state index contributed by atoms with van der Waals surface area (Å²) in [6.45, 7) is 2.00. The van der Waals surface area contributed by atoms with Gasteiger partial charge in [0, 0.05) is 28.9 Å². The third kappa shape index (κ3) is 2.07. The Morgan fingerprint density at radius 2 is 2.05 bits per heavy atom. The lowest BCUT2D eigenvalue weighted by atomic mass is 10.0. The zero-order valence-electron chi connectivity index (χ0n) is 11.6. The highest BCUT2D eigenvalue weighted by Gasteiger charge is 2.11. The Hall–Kier alpha value is -2.55. The van der Waals surface area contributed by atoms with Crippen molar-refractivity contribution in [3.05, 3.63) is 54.4 Å². The van der Waals surface area contributed by atoms with E-state index in [9.17, 15) is 0 Å². The number of allylic oxidation sites excluding steroid dienone is 1. The molecule has 3 nitrogen and oxygen atoms in total. The molecule has 0 saturated heterocycles. The van der Waals surface area contributed by atoms with Crippen LogP contribution in [-0.2, 0) is 0 Å². The quantitative estimate of drug-likeness (QED) is 0.767. The van der Waals surface area contributed by atoms with E-state index in [0.29, 0.717) is 0 Å². The van der Waals surface area contributed by atoms with Gasteiger partial charge >= 0.3 is 0 Å². The van der Waals surface area contributed by atoms with Gasteiger partial charge in [-0.05, 0) is 24.6 Å². The van der Waals surface area contributed by atoms with E-state index >= 15 is 0 Å². The first-order valence-corrected chi connectivity index (χ1v) is 6.56. The molecule has 0 atom stereocenters. The molecule has 0 fully saturated rings. The van der Waals surface area contributed by atoms with Gasteiger partial charge in [0.15, 0.2) is 0 Å². The number of aromatic amines is 1. The summed E-state index contributed by atoms with van der Waals surface area (Å²) in [6, 6.07) is 10.2. The summed E-state index contributed by atoms with van der Waals surface area (Å²) >= 11 is 0. The zero-order chi connectivity index (χ0) is 13.9. The topological polar surface area (TPSA) is 37.9 Å². The molecule has 0 bridgehead atoms. The molecular weight excluding hydrogens is 248 g/mol. The molecule has 0 aliphatic carbocycles. The number of rotatable bonds is 3. The summed E-state index contributed by atoms with van der Waals surface area (Å²) < 4.78 is 5.45. The predicted molar refractivity (Wildman–Crippen MR) is 82.8 cm³/mol. The monoisotopic (exact) mass is 264 g/mol. The molecule has 0 aliphatic rings. The average Bonchev–Trinajstić information content (AvgIpc) is 2.90. The Bertz CT molecular complexity index is 772. The Balaban J connectivity index is 2.23. The van der Waals surface area contributed by atoms with E-state index in [2.05, 4.69) is 22.1 Å². The van der Waals surface area contributed by atoms with Crippen molar-refractivity contribution >= 4 is 17.1 Å². The Morgan fingerprint density at radius 1 is 1.20 bits per heavy atom. The molecule has 3 aromatic rings. The van der Waals surface area contributed by atoms with E-state index in [0.717, 1.165) is 33.5 Å². The molecule has 0 amide bonds. The van der Waals surface area contributed by atoms with Crippen LogP contribution in [0, 0.1) is 0 Å². The lowest BCUT2D eigenvalue weighted by Gasteiger charge is -2.07. The first-order valence-electron chi connectivity index (χ1n) is 6.56. The van der Waals surface area contributed by atoms with E-state index in [4.69, 9.17) is 4.74 Å². The number of hydrogen-bond donors (Lipinski definition) is 1. The second kappa shape index (κ2) is 5.21. The van der Waals surface area contributed by atoms with Crippen LogP contribution in [0.2, 0.25) is 0 Å². The highest BCUT2D eigenvalue weighted by Crippen LogP contribution is 2.34. The van der Waals surface area contributed by atoms with Gasteiger partial charge in [-0.2, -0.15) is 0 Å². The number of nitrogens with one attached hydrogen (secondary N) is 1. The fraction of sp³-hybridized carbons (Fsp3) is 0.118. The van der Waals surface area contributed by atoms with Crippen molar-refractivity contribution in [3.63, 3.8) is 0 Å². The number of pyridine rings is 1. The number of nitrogens with zero attached hydrogens (tertiary/aromatic N) is 1. The van der Waals surface area contributed by atoms with Gasteiger partial charge in [0.25, 0.3) is 0 Å². The molecule has 0 radical (unpaired) electrons. The van der Waals surface area contributed by atoms with Gasteiger partial charge in [0.1, 0.15) is 11.4 Å². The van der Waals surface area contributed by atoms with Crippen LogP contribution in [0.1, 0.15) is 12.5 Å². The third-order valence-electron chi connectivity index (χ3n) is 3.31. The van der Waals surface area contributed by atoms with E-state index < -0.39 is 0 Å². The Kier molecular flexibility index (Phi) is 3.25. The van der Waals surface area contributed by atoms with Crippen molar-refractivity contribution in [1.82, 2.24) is 9.97 Å². The van der Waals surface area contributed by atoms with Crippen LogP contribution in [0.5, 0.6) is 5.75 Å². The van der Waals surface area contributed by atoms with Gasteiger partial charge in [0.2, 0.25) is 0 Å². The number of methoxy groups -OCH3 is 1. The van der Waals surface area contributed by atoms with E-state index in [1.165, 1.54) is 0 Å². The van der Waals surface area contributed by atoms with Gasteiger partial charge in [-0.25, -0.2) is 4.98 Å². The summed E-state index contributed by atoms with van der Waals surface area (Å²) in [4.78, 5) is 7.67. The molecular formula is C17H16N2O. The normalized spacial score (nSPS) is 11.3. The number of H-pyrrole nitrogens is 1. The lowest BCUT2D eigenvalue weighted by molar-refractivity contribution is 0.416. The number of aromatic nitrogens is 2. The number of ether oxygens (including phenoxy) is 1. The largest absolute Gasteiger partial charge is 0.496 e. The van der Waals surface area contributed by atoms with Crippen LogP contribution in [0.4, 0.5) is 0 Å². The molecule has 2 heterocycles. The van der Waals surface area contributed by atoms with Gasteiger partial charge < -0.3 is 9.72 Å². The second-order valence-electron chi connectivity index (χ2n) is 4.57. The maximum absolute atomic E-state index is 5.45. The molecule has 1 aromatic carbocycles. The number of hydrogen-bond acceptors (Lipinski definition) is 2. The summed E-state index contributed by atoms with van der Waals surface area (Å²) in [5.41, 5.74) is 4.16. The molecule has 0 spiro atoms. The van der Waals surface area contributed by atoms with E-state index in [-0.39, 0.29) is 0 Å². The summed E-state index contributed by atoms with van der Waals surface area (Å²) in [6.07, 6.45) is 7.91. The highest BCUT2D eigenvalue weighted by molar-refractivity contribution is 5.96. The van der Waals surface area contributed by atoms with E-state index in [1.807, 2.05) is 49.7 Å². The molecule has 3 heteroatoms.